The molecule has 1 aliphatic rings. The van der Waals surface area contributed by atoms with Crippen molar-refractivity contribution < 1.29 is 4.79 Å². The predicted octanol–water partition coefficient (Wildman–Crippen LogP) is 3.44. The van der Waals surface area contributed by atoms with Gasteiger partial charge in [-0.25, -0.2) is 0 Å². The van der Waals surface area contributed by atoms with Crippen LogP contribution < -0.4 is 5.32 Å². The molecular formula is C21H26N2O. The van der Waals surface area contributed by atoms with E-state index < -0.39 is 0 Å². The first-order valence-electron chi connectivity index (χ1n) is 8.71. The summed E-state index contributed by atoms with van der Waals surface area (Å²) < 4.78 is 0. The fourth-order valence-electron chi connectivity index (χ4n) is 3.36. The molecule has 1 atom stereocenters. The highest BCUT2D eigenvalue weighted by molar-refractivity contribution is 5.78. The Kier molecular flexibility index (Phi) is 5.31. The maximum atomic E-state index is 12.2. The van der Waals surface area contributed by atoms with Crippen LogP contribution in [0.2, 0.25) is 0 Å². The van der Waals surface area contributed by atoms with Crippen LogP contribution in [0.15, 0.2) is 48.5 Å². The van der Waals surface area contributed by atoms with Gasteiger partial charge in [0.05, 0.1) is 0 Å². The number of hydrogen-bond acceptors (Lipinski definition) is 2. The number of carbonyl (C=O) groups is 1. The smallest absolute Gasteiger partial charge is 0.223 e. The lowest BCUT2D eigenvalue weighted by atomic mass is 10.0. The number of benzene rings is 2. The highest BCUT2D eigenvalue weighted by Gasteiger charge is 2.29. The zero-order valence-corrected chi connectivity index (χ0v) is 14.6. The van der Waals surface area contributed by atoms with Gasteiger partial charge in [-0.2, -0.15) is 0 Å². The molecule has 1 unspecified atom stereocenters. The third kappa shape index (κ3) is 4.04. The molecule has 0 saturated carbocycles. The lowest BCUT2D eigenvalue weighted by molar-refractivity contribution is -0.128. The Labute approximate surface area is 144 Å². The van der Waals surface area contributed by atoms with E-state index >= 15 is 0 Å². The van der Waals surface area contributed by atoms with Crippen molar-refractivity contribution in [1.82, 2.24) is 10.2 Å². The van der Waals surface area contributed by atoms with Crippen LogP contribution >= 0.6 is 0 Å². The average Bonchev–Trinajstić information content (AvgIpc) is 2.92. The van der Waals surface area contributed by atoms with Gasteiger partial charge in [0, 0.05) is 32.6 Å². The van der Waals surface area contributed by atoms with E-state index in [4.69, 9.17) is 0 Å². The normalized spacial score (nSPS) is 17.5. The first kappa shape index (κ1) is 16.7. The van der Waals surface area contributed by atoms with E-state index in [0.29, 0.717) is 12.3 Å². The van der Waals surface area contributed by atoms with Crippen molar-refractivity contribution in [2.45, 2.75) is 33.4 Å². The fraction of sp³-hybridized carbons (Fsp3) is 0.381. The summed E-state index contributed by atoms with van der Waals surface area (Å²) >= 11 is 0. The van der Waals surface area contributed by atoms with E-state index in [-0.39, 0.29) is 5.91 Å². The lowest BCUT2D eigenvalue weighted by Crippen LogP contribution is -2.27. The first-order valence-corrected chi connectivity index (χ1v) is 8.71. The third-order valence-electron chi connectivity index (χ3n) is 4.98. The molecule has 126 valence electrons. The number of rotatable bonds is 6. The van der Waals surface area contributed by atoms with E-state index in [1.54, 1.807) is 0 Å². The maximum absolute atomic E-state index is 12.2. The van der Waals surface area contributed by atoms with Gasteiger partial charge in [0.2, 0.25) is 5.91 Å². The van der Waals surface area contributed by atoms with Gasteiger partial charge in [-0.15, -0.1) is 0 Å². The van der Waals surface area contributed by atoms with Crippen LogP contribution in [0.25, 0.3) is 0 Å². The van der Waals surface area contributed by atoms with Crippen LogP contribution in [-0.2, 0) is 17.9 Å². The molecule has 0 radical (unpaired) electrons. The van der Waals surface area contributed by atoms with Crippen LogP contribution in [0.5, 0.6) is 0 Å². The summed E-state index contributed by atoms with van der Waals surface area (Å²) in [5.74, 6) is 0.684. The minimum absolute atomic E-state index is 0.275. The number of carbonyl (C=O) groups excluding carboxylic acids is 1. The van der Waals surface area contributed by atoms with Gasteiger partial charge in [0.25, 0.3) is 0 Å². The van der Waals surface area contributed by atoms with Gasteiger partial charge < -0.3 is 10.2 Å². The summed E-state index contributed by atoms with van der Waals surface area (Å²) in [6.45, 7) is 7.67. The molecule has 1 fully saturated rings. The highest BCUT2D eigenvalue weighted by Crippen LogP contribution is 2.20. The Bertz CT molecular complexity index is 696. The second-order valence-corrected chi connectivity index (χ2v) is 6.82. The molecule has 24 heavy (non-hydrogen) atoms. The van der Waals surface area contributed by atoms with Gasteiger partial charge >= 0.3 is 0 Å². The Balaban J connectivity index is 1.49. The van der Waals surface area contributed by atoms with E-state index in [1.165, 1.54) is 22.3 Å². The molecule has 0 aliphatic carbocycles. The molecule has 3 heteroatoms. The zero-order valence-electron chi connectivity index (χ0n) is 14.6. The summed E-state index contributed by atoms with van der Waals surface area (Å²) in [5, 5.41) is 3.54. The molecule has 1 saturated heterocycles. The van der Waals surface area contributed by atoms with Crippen LogP contribution in [0.1, 0.15) is 28.7 Å². The molecule has 3 rings (SSSR count). The van der Waals surface area contributed by atoms with Gasteiger partial charge in [0.15, 0.2) is 0 Å². The SMILES string of the molecule is Cc1cccc(CNCC2CC(=O)N(Cc3ccccc3)C2)c1C. The van der Waals surface area contributed by atoms with Crippen molar-refractivity contribution in [2.75, 3.05) is 13.1 Å². The molecule has 1 N–H and O–H groups in total. The molecule has 1 aliphatic heterocycles. The Morgan fingerprint density at radius 1 is 1.08 bits per heavy atom. The van der Waals surface area contributed by atoms with E-state index in [2.05, 4.69) is 49.5 Å². The largest absolute Gasteiger partial charge is 0.338 e. The number of likely N-dealkylation sites (tertiary alicyclic amines) is 1. The van der Waals surface area contributed by atoms with Crippen molar-refractivity contribution in [3.8, 4) is 0 Å². The second-order valence-electron chi connectivity index (χ2n) is 6.82. The van der Waals surface area contributed by atoms with Crippen molar-refractivity contribution in [3.63, 3.8) is 0 Å². The molecule has 0 bridgehead atoms. The Morgan fingerprint density at radius 3 is 2.67 bits per heavy atom. The van der Waals surface area contributed by atoms with Crippen LogP contribution in [0.3, 0.4) is 0 Å². The minimum atomic E-state index is 0.275. The maximum Gasteiger partial charge on any atom is 0.223 e. The van der Waals surface area contributed by atoms with E-state index in [1.807, 2.05) is 23.1 Å². The number of hydrogen-bond donors (Lipinski definition) is 1. The standard InChI is InChI=1S/C21H26N2O/c1-16-7-6-10-20(17(16)2)13-22-12-19-11-21(24)23(15-19)14-18-8-4-3-5-9-18/h3-10,19,22H,11-15H2,1-2H3. The second kappa shape index (κ2) is 7.63. The summed E-state index contributed by atoms with van der Waals surface area (Å²) in [6, 6.07) is 16.7. The molecule has 0 spiro atoms. The summed E-state index contributed by atoms with van der Waals surface area (Å²) in [4.78, 5) is 14.2. The predicted molar refractivity (Wildman–Crippen MR) is 97.6 cm³/mol. The Morgan fingerprint density at radius 2 is 1.88 bits per heavy atom. The van der Waals surface area contributed by atoms with Gasteiger partial charge in [-0.05, 0) is 42.0 Å². The van der Waals surface area contributed by atoms with Crippen molar-refractivity contribution >= 4 is 5.91 Å². The topological polar surface area (TPSA) is 32.3 Å². The third-order valence-corrected chi connectivity index (χ3v) is 4.98. The highest BCUT2D eigenvalue weighted by atomic mass is 16.2. The molecule has 1 heterocycles. The van der Waals surface area contributed by atoms with Gasteiger partial charge in [-0.3, -0.25) is 4.79 Å². The molecule has 0 aromatic heterocycles. The number of nitrogens with zero attached hydrogens (tertiary/aromatic N) is 1. The number of aryl methyl sites for hydroxylation is 1. The fourth-order valence-corrected chi connectivity index (χ4v) is 3.36. The van der Waals surface area contributed by atoms with Crippen molar-refractivity contribution in [2.24, 2.45) is 5.92 Å². The van der Waals surface area contributed by atoms with E-state index in [0.717, 1.165) is 26.2 Å². The first-order chi connectivity index (χ1) is 11.6. The van der Waals surface area contributed by atoms with Crippen molar-refractivity contribution in [1.29, 1.82) is 0 Å². The van der Waals surface area contributed by atoms with E-state index in [9.17, 15) is 4.79 Å². The average molecular weight is 322 g/mol. The quantitative estimate of drug-likeness (QED) is 0.883. The lowest BCUT2D eigenvalue weighted by Gasteiger charge is -2.17. The van der Waals surface area contributed by atoms with Crippen molar-refractivity contribution in [3.05, 3.63) is 70.8 Å². The molecule has 2 aromatic rings. The number of amides is 1. The minimum Gasteiger partial charge on any atom is -0.338 e. The van der Waals surface area contributed by atoms with Gasteiger partial charge in [0.1, 0.15) is 0 Å². The molecular weight excluding hydrogens is 296 g/mol. The Hall–Kier alpha value is -2.13. The van der Waals surface area contributed by atoms with Crippen LogP contribution in [0, 0.1) is 19.8 Å². The number of nitrogens with one attached hydrogen (secondary N) is 1. The monoisotopic (exact) mass is 322 g/mol. The van der Waals surface area contributed by atoms with Gasteiger partial charge in [-0.1, -0.05) is 48.5 Å². The van der Waals surface area contributed by atoms with Crippen LogP contribution in [-0.4, -0.2) is 23.9 Å². The van der Waals surface area contributed by atoms with Crippen LogP contribution in [0.4, 0.5) is 0 Å². The summed E-state index contributed by atoms with van der Waals surface area (Å²) in [6.07, 6.45) is 0.659. The molecule has 1 amide bonds. The zero-order chi connectivity index (χ0) is 16.9. The summed E-state index contributed by atoms with van der Waals surface area (Å²) in [5.41, 5.74) is 5.24. The molecule has 3 nitrogen and oxygen atoms in total. The summed E-state index contributed by atoms with van der Waals surface area (Å²) in [7, 11) is 0. The molecule has 2 aromatic carbocycles.